The molecule has 12 heteroatoms. The predicted molar refractivity (Wildman–Crippen MR) is 254 cm³/mol. The zero-order valence-corrected chi connectivity index (χ0v) is 34.6. The van der Waals surface area contributed by atoms with Gasteiger partial charge in [-0.25, -0.2) is 9.03 Å². The molecule has 16 rings (SSSR count). The van der Waals surface area contributed by atoms with Crippen molar-refractivity contribution < 1.29 is 0 Å². The third kappa shape index (κ3) is 3.62. The maximum absolute atomic E-state index is 5.63. The Kier molecular flexibility index (Phi) is 5.58. The number of allylic oxidation sites excluding steroid dienone is 1. The fraction of sp³-hybridized carbons (Fsp3) is 0.0417. The van der Waals surface area contributed by atoms with Crippen molar-refractivity contribution >= 4 is 167 Å². The van der Waals surface area contributed by atoms with Crippen LogP contribution in [0.1, 0.15) is 17.7 Å². The summed E-state index contributed by atoms with van der Waals surface area (Å²) >= 11 is 7.17. The molecule has 0 spiro atoms. The van der Waals surface area contributed by atoms with Gasteiger partial charge in [-0.1, -0.05) is 83.3 Å². The maximum Gasteiger partial charge on any atom is 0.169 e. The Morgan fingerprint density at radius 1 is 0.417 bits per heavy atom. The van der Waals surface area contributed by atoms with Crippen LogP contribution in [-0.2, 0) is 6.42 Å². The molecule has 0 saturated carbocycles. The van der Waals surface area contributed by atoms with Gasteiger partial charge in [0.25, 0.3) is 0 Å². The van der Waals surface area contributed by atoms with E-state index >= 15 is 0 Å². The summed E-state index contributed by atoms with van der Waals surface area (Å²) in [5.74, 6) is 0. The number of aromatic nitrogens is 8. The molecule has 3 aromatic carbocycles. The number of aryl methyl sites for hydroxylation is 1. The second-order valence-electron chi connectivity index (χ2n) is 15.8. The highest BCUT2D eigenvalue weighted by Gasteiger charge is 2.26. The topological polar surface area (TPSA) is 52.2 Å². The molecule has 8 nitrogen and oxygen atoms in total. The quantitative estimate of drug-likeness (QED) is 0.153. The van der Waals surface area contributed by atoms with E-state index in [4.69, 9.17) is 10.2 Å². The summed E-state index contributed by atoms with van der Waals surface area (Å²) in [7, 11) is 0. The SMILES string of the molecule is C1=Cc2c(c3c4ccccc4n4c5ccc(s5)c5nn6c7ccc(s7)n7c8ccccc8c8c9ccccc9n(c9ccc(s9)n9nc(c%10ccc(s%10)n2c34)c5c96)c87)CC1. The van der Waals surface area contributed by atoms with Crippen LogP contribution in [0.15, 0.2) is 127 Å². The number of hydrogen-bond acceptors (Lipinski definition) is 6. The average Bonchev–Trinajstić information content (AvgIpc) is 4.11. The van der Waals surface area contributed by atoms with Crippen molar-refractivity contribution in [1.82, 2.24) is 36.8 Å². The minimum atomic E-state index is 0.955. The van der Waals surface area contributed by atoms with Crippen molar-refractivity contribution in [3.8, 4) is 0 Å². The minimum absolute atomic E-state index is 0.955. The van der Waals surface area contributed by atoms with Gasteiger partial charge in [0.2, 0.25) is 0 Å². The van der Waals surface area contributed by atoms with E-state index in [2.05, 4.69) is 160 Å². The standard InChI is InChI=1S/C48H26N8S4/c1-5-13-29-25(9-1)41-26-10-2-6-14-30(26)52-36-20-18-34(58-36)45-43-44(33-17-19-35(57-33)51(29)46(41)52)49-55-39-23-21-37(59-39)53-31-15-7-3-11-27(31)42-28-12-4-8-16-32(28)54(47(42)53)38-22-24-40(60-38)56(50-45)48(43)55/h1,3-9,11-24H,2,10H2. The Bertz CT molecular complexity index is 4560. The van der Waals surface area contributed by atoms with Crippen molar-refractivity contribution in [2.75, 3.05) is 0 Å². The normalized spacial score (nSPS) is 13.8. The van der Waals surface area contributed by atoms with Gasteiger partial charge in [0.1, 0.15) is 51.3 Å². The van der Waals surface area contributed by atoms with Gasteiger partial charge in [0, 0.05) is 26.9 Å². The van der Waals surface area contributed by atoms with Crippen molar-refractivity contribution in [3.05, 3.63) is 139 Å². The van der Waals surface area contributed by atoms with Gasteiger partial charge in [-0.05, 0) is 91.2 Å². The van der Waals surface area contributed by atoms with E-state index in [0.717, 1.165) is 63.6 Å². The van der Waals surface area contributed by atoms with Gasteiger partial charge < -0.3 is 0 Å². The third-order valence-electron chi connectivity index (χ3n) is 12.8. The molecule has 0 saturated heterocycles. The lowest BCUT2D eigenvalue weighted by Crippen LogP contribution is -1.96. The largest absolute Gasteiger partial charge is 0.286 e. The smallest absolute Gasteiger partial charge is 0.169 e. The molecular weight excluding hydrogens is 817 g/mol. The van der Waals surface area contributed by atoms with E-state index in [1.807, 2.05) is 22.7 Å². The van der Waals surface area contributed by atoms with Crippen LogP contribution in [0.2, 0.25) is 0 Å². The number of para-hydroxylation sites is 3. The van der Waals surface area contributed by atoms with E-state index in [0.29, 0.717) is 0 Å². The molecule has 12 aromatic heterocycles. The van der Waals surface area contributed by atoms with Crippen molar-refractivity contribution in [3.63, 3.8) is 0 Å². The minimum Gasteiger partial charge on any atom is -0.286 e. The molecule has 1 aliphatic carbocycles. The van der Waals surface area contributed by atoms with Crippen LogP contribution in [0.5, 0.6) is 0 Å². The Hall–Kier alpha value is -6.70. The average molecular weight is 843 g/mol. The van der Waals surface area contributed by atoms with Crippen molar-refractivity contribution in [2.24, 2.45) is 0 Å². The fourth-order valence-electron chi connectivity index (χ4n) is 10.5. The van der Waals surface area contributed by atoms with Crippen LogP contribution in [0.3, 0.4) is 0 Å². The van der Waals surface area contributed by atoms with Crippen molar-refractivity contribution in [1.29, 1.82) is 0 Å². The van der Waals surface area contributed by atoms with Crippen molar-refractivity contribution in [2.45, 2.75) is 12.8 Å². The Morgan fingerprint density at radius 2 is 0.883 bits per heavy atom. The molecule has 0 N–H and O–H groups in total. The summed E-state index contributed by atoms with van der Waals surface area (Å²) in [6.45, 7) is 0. The van der Waals surface area contributed by atoms with Gasteiger partial charge in [-0.2, -0.15) is 10.2 Å². The number of fused-ring (bicyclic) bond motifs is 28. The molecule has 1 aliphatic rings. The van der Waals surface area contributed by atoms with E-state index in [-0.39, 0.29) is 0 Å². The zero-order valence-electron chi connectivity index (χ0n) is 31.3. The van der Waals surface area contributed by atoms with Crippen LogP contribution < -0.4 is 0 Å². The molecule has 60 heavy (non-hydrogen) atoms. The molecule has 0 aliphatic heterocycles. The molecule has 12 heterocycles. The van der Waals surface area contributed by atoms with Gasteiger partial charge in [0.15, 0.2) is 5.65 Å². The zero-order chi connectivity index (χ0) is 38.5. The molecule has 0 fully saturated rings. The number of thiophene rings is 4. The van der Waals surface area contributed by atoms with Gasteiger partial charge in [-0.15, -0.1) is 22.7 Å². The summed E-state index contributed by atoms with van der Waals surface area (Å²) in [5.41, 5.74) is 11.6. The number of benzene rings is 3. The van der Waals surface area contributed by atoms with Crippen LogP contribution >= 0.6 is 45.3 Å². The first-order chi connectivity index (χ1) is 29.8. The lowest BCUT2D eigenvalue weighted by molar-refractivity contribution is 0.948. The molecule has 0 atom stereocenters. The highest BCUT2D eigenvalue weighted by Crippen LogP contribution is 2.44. The summed E-state index contributed by atoms with van der Waals surface area (Å²) < 4.78 is 16.5. The first kappa shape index (κ1) is 31.3. The van der Waals surface area contributed by atoms with Gasteiger partial charge >= 0.3 is 0 Å². The molecule has 8 bridgehead atoms. The van der Waals surface area contributed by atoms with E-state index in [1.165, 1.54) is 75.7 Å². The number of nitrogens with zero attached hydrogens (tertiary/aromatic N) is 8. The lowest BCUT2D eigenvalue weighted by Gasteiger charge is -2.07. The summed E-state index contributed by atoms with van der Waals surface area (Å²) in [5, 5.41) is 18.8. The van der Waals surface area contributed by atoms with Gasteiger partial charge in [0.05, 0.1) is 37.0 Å². The Labute approximate surface area is 352 Å². The summed E-state index contributed by atoms with van der Waals surface area (Å²) in [6.07, 6.45) is 6.76. The number of hydrogen-bond donors (Lipinski definition) is 0. The highest BCUT2D eigenvalue weighted by molar-refractivity contribution is 7.25. The van der Waals surface area contributed by atoms with Crippen LogP contribution in [0, 0.1) is 0 Å². The second kappa shape index (κ2) is 10.7. The van der Waals surface area contributed by atoms with Crippen LogP contribution in [0.25, 0.3) is 121 Å². The maximum atomic E-state index is 5.63. The molecule has 0 amide bonds. The third-order valence-corrected chi connectivity index (χ3v) is 17.1. The van der Waals surface area contributed by atoms with Gasteiger partial charge in [-0.3, -0.25) is 17.6 Å². The van der Waals surface area contributed by atoms with Crippen LogP contribution in [0.4, 0.5) is 0 Å². The molecule has 0 radical (unpaired) electrons. The predicted octanol–water partition coefficient (Wildman–Crippen LogP) is 13.5. The first-order valence-electron chi connectivity index (χ1n) is 20.1. The summed E-state index contributed by atoms with van der Waals surface area (Å²) in [4.78, 5) is 6.73. The lowest BCUT2D eigenvalue weighted by atomic mass is 10.0. The van der Waals surface area contributed by atoms with E-state index in [1.54, 1.807) is 22.7 Å². The first-order valence-corrected chi connectivity index (χ1v) is 23.3. The Morgan fingerprint density at radius 3 is 1.47 bits per heavy atom. The Balaban J connectivity index is 1.17. The molecule has 282 valence electrons. The second-order valence-corrected chi connectivity index (χ2v) is 20.0. The molecule has 15 aromatic rings. The molecule has 0 unspecified atom stereocenters. The fourth-order valence-corrected chi connectivity index (χ4v) is 14.5. The van der Waals surface area contributed by atoms with Crippen LogP contribution in [-0.4, -0.2) is 36.8 Å². The van der Waals surface area contributed by atoms with E-state index in [9.17, 15) is 0 Å². The number of rotatable bonds is 0. The van der Waals surface area contributed by atoms with E-state index < -0.39 is 0 Å². The summed E-state index contributed by atoms with van der Waals surface area (Å²) in [6, 6.07) is 44.8. The highest BCUT2D eigenvalue weighted by atomic mass is 32.1. The molecular formula is C48H26N8S4. The monoisotopic (exact) mass is 842 g/mol.